The minimum Gasteiger partial charge on any atom is -0.393 e. The standard InChI is InChI=1S/C16H23NO2/c1-2-15(18)9-10-17-16(19)14-8-7-12-5-3-4-6-13(12)11-14/h7-8,11,15,18H,2-6,9-10H2,1H3,(H,17,19). The zero-order valence-corrected chi connectivity index (χ0v) is 11.6. The predicted molar refractivity (Wildman–Crippen MR) is 76.3 cm³/mol. The number of aliphatic hydroxyl groups is 1. The van der Waals surface area contributed by atoms with Crippen LogP contribution in [0.5, 0.6) is 0 Å². The lowest BCUT2D eigenvalue weighted by Gasteiger charge is -2.16. The van der Waals surface area contributed by atoms with Gasteiger partial charge in [-0.15, -0.1) is 0 Å². The molecule has 0 aliphatic heterocycles. The van der Waals surface area contributed by atoms with Crippen molar-refractivity contribution in [3.05, 3.63) is 34.9 Å². The van der Waals surface area contributed by atoms with Crippen molar-refractivity contribution in [3.8, 4) is 0 Å². The predicted octanol–water partition coefficient (Wildman–Crippen LogP) is 2.46. The monoisotopic (exact) mass is 261 g/mol. The maximum absolute atomic E-state index is 12.0. The summed E-state index contributed by atoms with van der Waals surface area (Å²) in [5.41, 5.74) is 3.46. The average molecular weight is 261 g/mol. The lowest BCUT2D eigenvalue weighted by molar-refractivity contribution is 0.0942. The second kappa shape index (κ2) is 6.71. The fourth-order valence-electron chi connectivity index (χ4n) is 2.53. The molecule has 0 fully saturated rings. The van der Waals surface area contributed by atoms with E-state index in [1.54, 1.807) is 0 Å². The second-order valence-corrected chi connectivity index (χ2v) is 5.30. The molecule has 1 amide bonds. The highest BCUT2D eigenvalue weighted by Gasteiger charge is 2.12. The van der Waals surface area contributed by atoms with Crippen molar-refractivity contribution >= 4 is 5.91 Å². The Hall–Kier alpha value is -1.35. The number of carbonyl (C=O) groups is 1. The van der Waals surface area contributed by atoms with E-state index in [1.165, 1.54) is 24.0 Å². The number of rotatable bonds is 5. The Kier molecular flexibility index (Phi) is 4.97. The topological polar surface area (TPSA) is 49.3 Å². The SMILES string of the molecule is CCC(O)CCNC(=O)c1ccc2c(c1)CCCC2. The molecule has 0 bridgehead atoms. The molecule has 1 atom stereocenters. The van der Waals surface area contributed by atoms with Crippen molar-refractivity contribution in [2.24, 2.45) is 0 Å². The molecule has 0 saturated carbocycles. The highest BCUT2D eigenvalue weighted by atomic mass is 16.3. The van der Waals surface area contributed by atoms with E-state index in [-0.39, 0.29) is 12.0 Å². The first-order chi connectivity index (χ1) is 9.20. The first-order valence-corrected chi connectivity index (χ1v) is 7.28. The van der Waals surface area contributed by atoms with E-state index < -0.39 is 0 Å². The molecule has 3 heteroatoms. The number of aryl methyl sites for hydroxylation is 2. The third-order valence-electron chi connectivity index (χ3n) is 3.85. The number of hydrogen-bond donors (Lipinski definition) is 2. The molecule has 1 aromatic carbocycles. The summed E-state index contributed by atoms with van der Waals surface area (Å²) < 4.78 is 0. The van der Waals surface area contributed by atoms with Crippen LogP contribution in [0.15, 0.2) is 18.2 Å². The van der Waals surface area contributed by atoms with Crippen molar-refractivity contribution in [3.63, 3.8) is 0 Å². The fraction of sp³-hybridized carbons (Fsp3) is 0.562. The van der Waals surface area contributed by atoms with E-state index in [2.05, 4.69) is 11.4 Å². The van der Waals surface area contributed by atoms with Crippen molar-refractivity contribution in [1.29, 1.82) is 0 Å². The Morgan fingerprint density at radius 2 is 2.05 bits per heavy atom. The highest BCUT2D eigenvalue weighted by molar-refractivity contribution is 5.94. The summed E-state index contributed by atoms with van der Waals surface area (Å²) >= 11 is 0. The van der Waals surface area contributed by atoms with Crippen LogP contribution in [0.25, 0.3) is 0 Å². The van der Waals surface area contributed by atoms with E-state index in [1.807, 2.05) is 19.1 Å². The van der Waals surface area contributed by atoms with Crippen molar-refractivity contribution in [2.75, 3.05) is 6.54 Å². The molecule has 104 valence electrons. The Morgan fingerprint density at radius 3 is 2.79 bits per heavy atom. The van der Waals surface area contributed by atoms with Gasteiger partial charge in [0.1, 0.15) is 0 Å². The van der Waals surface area contributed by atoms with Gasteiger partial charge in [-0.1, -0.05) is 13.0 Å². The third-order valence-corrected chi connectivity index (χ3v) is 3.85. The molecule has 1 aromatic rings. The molecule has 3 nitrogen and oxygen atoms in total. The summed E-state index contributed by atoms with van der Waals surface area (Å²) in [5.74, 6) is -0.0309. The van der Waals surface area contributed by atoms with E-state index in [4.69, 9.17) is 0 Å². The fourth-order valence-corrected chi connectivity index (χ4v) is 2.53. The van der Waals surface area contributed by atoms with Gasteiger partial charge in [-0.05, 0) is 61.8 Å². The van der Waals surface area contributed by atoms with Gasteiger partial charge in [-0.2, -0.15) is 0 Å². The van der Waals surface area contributed by atoms with Gasteiger partial charge in [-0.3, -0.25) is 4.79 Å². The minimum atomic E-state index is -0.316. The summed E-state index contributed by atoms with van der Waals surface area (Å²) in [4.78, 5) is 12.0. The van der Waals surface area contributed by atoms with Gasteiger partial charge < -0.3 is 10.4 Å². The number of nitrogens with one attached hydrogen (secondary N) is 1. The smallest absolute Gasteiger partial charge is 0.251 e. The average Bonchev–Trinajstić information content (AvgIpc) is 2.46. The number of benzene rings is 1. The van der Waals surface area contributed by atoms with Gasteiger partial charge in [0.05, 0.1) is 6.10 Å². The molecule has 0 heterocycles. The van der Waals surface area contributed by atoms with Crippen LogP contribution in [-0.4, -0.2) is 23.7 Å². The van der Waals surface area contributed by atoms with Crippen LogP contribution in [0.4, 0.5) is 0 Å². The van der Waals surface area contributed by atoms with Gasteiger partial charge in [0.2, 0.25) is 0 Å². The molecule has 1 aliphatic carbocycles. The van der Waals surface area contributed by atoms with Gasteiger partial charge >= 0.3 is 0 Å². The normalized spacial score (nSPS) is 15.7. The molecular formula is C16H23NO2. The van der Waals surface area contributed by atoms with Crippen LogP contribution in [0.1, 0.15) is 54.1 Å². The van der Waals surface area contributed by atoms with Gasteiger partial charge in [0.15, 0.2) is 0 Å². The number of fused-ring (bicyclic) bond motifs is 1. The molecule has 19 heavy (non-hydrogen) atoms. The largest absolute Gasteiger partial charge is 0.393 e. The summed E-state index contributed by atoms with van der Waals surface area (Å²) in [6.45, 7) is 2.47. The molecule has 2 rings (SSSR count). The number of hydrogen-bond acceptors (Lipinski definition) is 2. The first kappa shape index (κ1) is 14.1. The lowest BCUT2D eigenvalue weighted by Crippen LogP contribution is -2.27. The number of carbonyl (C=O) groups excluding carboxylic acids is 1. The summed E-state index contributed by atoms with van der Waals surface area (Å²) in [7, 11) is 0. The van der Waals surface area contributed by atoms with Crippen molar-refractivity contribution < 1.29 is 9.90 Å². The van der Waals surface area contributed by atoms with Gasteiger partial charge in [0, 0.05) is 12.1 Å². The van der Waals surface area contributed by atoms with E-state index in [0.29, 0.717) is 13.0 Å². The van der Waals surface area contributed by atoms with Crippen LogP contribution >= 0.6 is 0 Å². The summed E-state index contributed by atoms with van der Waals surface area (Å²) in [5, 5.41) is 12.3. The molecule has 2 N–H and O–H groups in total. The number of aliphatic hydroxyl groups excluding tert-OH is 1. The Morgan fingerprint density at radius 1 is 1.32 bits per heavy atom. The second-order valence-electron chi connectivity index (χ2n) is 5.30. The van der Waals surface area contributed by atoms with Crippen LogP contribution in [-0.2, 0) is 12.8 Å². The van der Waals surface area contributed by atoms with Gasteiger partial charge in [0.25, 0.3) is 5.91 Å². The maximum atomic E-state index is 12.0. The molecule has 1 unspecified atom stereocenters. The Balaban J connectivity index is 1.92. The minimum absolute atomic E-state index is 0.0309. The summed E-state index contributed by atoms with van der Waals surface area (Å²) in [6.07, 6.45) is 5.74. The first-order valence-electron chi connectivity index (χ1n) is 7.28. The molecule has 0 radical (unpaired) electrons. The number of amides is 1. The van der Waals surface area contributed by atoms with Gasteiger partial charge in [-0.25, -0.2) is 0 Å². The zero-order chi connectivity index (χ0) is 13.7. The van der Waals surface area contributed by atoms with E-state index in [0.717, 1.165) is 24.8 Å². The van der Waals surface area contributed by atoms with Crippen LogP contribution < -0.4 is 5.32 Å². The van der Waals surface area contributed by atoms with E-state index >= 15 is 0 Å². The Labute approximate surface area is 115 Å². The molecule has 0 spiro atoms. The molecular weight excluding hydrogens is 238 g/mol. The zero-order valence-electron chi connectivity index (χ0n) is 11.6. The third kappa shape index (κ3) is 3.80. The van der Waals surface area contributed by atoms with Crippen molar-refractivity contribution in [2.45, 2.75) is 51.6 Å². The van der Waals surface area contributed by atoms with Crippen LogP contribution in [0.3, 0.4) is 0 Å². The van der Waals surface area contributed by atoms with Crippen molar-refractivity contribution in [1.82, 2.24) is 5.32 Å². The van der Waals surface area contributed by atoms with Crippen LogP contribution in [0.2, 0.25) is 0 Å². The highest BCUT2D eigenvalue weighted by Crippen LogP contribution is 2.22. The molecule has 0 aromatic heterocycles. The van der Waals surface area contributed by atoms with E-state index in [9.17, 15) is 9.90 Å². The summed E-state index contributed by atoms with van der Waals surface area (Å²) in [6, 6.07) is 6.03. The maximum Gasteiger partial charge on any atom is 0.251 e. The Bertz CT molecular complexity index is 442. The van der Waals surface area contributed by atoms with Crippen LogP contribution in [0, 0.1) is 0 Å². The molecule has 1 aliphatic rings. The lowest BCUT2D eigenvalue weighted by atomic mass is 9.90. The molecule has 0 saturated heterocycles. The quantitative estimate of drug-likeness (QED) is 0.855.